The number of anilines is 1. The molecule has 1 aromatic carbocycles. The number of aliphatic hydroxyl groups is 1. The molecule has 0 aliphatic heterocycles. The number of pyridine rings is 1. The Morgan fingerprint density at radius 1 is 1.31 bits per heavy atom. The largest absolute Gasteiger partial charge is 0.497 e. The molecule has 7 nitrogen and oxygen atoms in total. The molecule has 0 bridgehead atoms. The summed E-state index contributed by atoms with van der Waals surface area (Å²) in [4.78, 5) is 4.14. The normalized spacial score (nSPS) is 15.5. The van der Waals surface area contributed by atoms with Crippen molar-refractivity contribution in [2.45, 2.75) is 30.7 Å². The van der Waals surface area contributed by atoms with E-state index in [0.717, 1.165) is 5.56 Å². The van der Waals surface area contributed by atoms with Gasteiger partial charge in [0.2, 0.25) is 10.0 Å². The number of nitrogens with zero attached hydrogens (tertiary/aromatic N) is 2. The smallest absolute Gasteiger partial charge is 0.238 e. The molecule has 140 valence electrons. The van der Waals surface area contributed by atoms with Crippen molar-refractivity contribution in [1.82, 2.24) is 4.98 Å². The Hall–Kier alpha value is -2.16. The third-order valence-electron chi connectivity index (χ3n) is 4.37. The highest BCUT2D eigenvalue weighted by molar-refractivity contribution is 7.93. The van der Waals surface area contributed by atoms with Crippen molar-refractivity contribution in [3.05, 3.63) is 53.9 Å². The summed E-state index contributed by atoms with van der Waals surface area (Å²) in [6.45, 7) is -0.0506. The molecule has 1 heterocycles. The zero-order valence-corrected chi connectivity index (χ0v) is 15.4. The van der Waals surface area contributed by atoms with E-state index in [-0.39, 0.29) is 18.4 Å². The third-order valence-corrected chi connectivity index (χ3v) is 6.64. The zero-order chi connectivity index (χ0) is 18.7. The molecule has 0 amide bonds. The molecule has 1 atom stereocenters. The first-order valence-corrected chi connectivity index (χ1v) is 9.93. The highest BCUT2D eigenvalue weighted by atomic mass is 32.2. The summed E-state index contributed by atoms with van der Waals surface area (Å²) in [6.07, 6.45) is 2.87. The van der Waals surface area contributed by atoms with Gasteiger partial charge in [-0.15, -0.1) is 0 Å². The Morgan fingerprint density at radius 3 is 2.58 bits per heavy atom. The number of benzene rings is 1. The minimum absolute atomic E-state index is 0.209. The molecule has 1 fully saturated rings. The van der Waals surface area contributed by atoms with E-state index in [4.69, 9.17) is 10.5 Å². The van der Waals surface area contributed by atoms with Gasteiger partial charge in [0.15, 0.2) is 0 Å². The van der Waals surface area contributed by atoms with Crippen LogP contribution in [0.25, 0.3) is 0 Å². The number of hydrogen-bond acceptors (Lipinski definition) is 6. The Bertz CT molecular complexity index is 851. The predicted molar refractivity (Wildman–Crippen MR) is 99.4 cm³/mol. The summed E-state index contributed by atoms with van der Waals surface area (Å²) in [5.74, 6) is 0.713. The summed E-state index contributed by atoms with van der Waals surface area (Å²) in [5, 5.41) is 8.91. The second-order valence-electron chi connectivity index (χ2n) is 6.33. The Morgan fingerprint density at radius 2 is 2.00 bits per heavy atom. The van der Waals surface area contributed by atoms with Crippen molar-refractivity contribution in [3.8, 4) is 5.75 Å². The number of methoxy groups -OCH3 is 1. The Balaban J connectivity index is 1.95. The van der Waals surface area contributed by atoms with Gasteiger partial charge in [-0.3, -0.25) is 9.29 Å². The first-order chi connectivity index (χ1) is 12.5. The Labute approximate surface area is 153 Å². The summed E-state index contributed by atoms with van der Waals surface area (Å²) in [5.41, 5.74) is 7.64. The predicted octanol–water partition coefficient (Wildman–Crippen LogP) is 1.58. The van der Waals surface area contributed by atoms with Gasteiger partial charge in [0.05, 0.1) is 42.9 Å². The van der Waals surface area contributed by atoms with Crippen LogP contribution in [0.15, 0.2) is 42.6 Å². The second kappa shape index (κ2) is 7.61. The monoisotopic (exact) mass is 377 g/mol. The molecular formula is C18H23N3O4S. The quantitative estimate of drug-likeness (QED) is 0.723. The maximum atomic E-state index is 13.0. The first kappa shape index (κ1) is 18.6. The fraction of sp³-hybridized carbons (Fsp3) is 0.389. The fourth-order valence-electron chi connectivity index (χ4n) is 2.66. The fourth-order valence-corrected chi connectivity index (χ4v) is 4.49. The number of sulfonamides is 1. The van der Waals surface area contributed by atoms with E-state index in [0.29, 0.717) is 30.0 Å². The highest BCUT2D eigenvalue weighted by Crippen LogP contribution is 2.35. The van der Waals surface area contributed by atoms with E-state index < -0.39 is 16.1 Å². The lowest BCUT2D eigenvalue weighted by molar-refractivity contribution is 0.266. The number of aliphatic hydroxyl groups excluding tert-OH is 1. The average Bonchev–Trinajstić information content (AvgIpc) is 3.51. The van der Waals surface area contributed by atoms with Crippen molar-refractivity contribution in [1.29, 1.82) is 0 Å². The second-order valence-corrected chi connectivity index (χ2v) is 8.46. The van der Waals surface area contributed by atoms with Crippen molar-refractivity contribution < 1.29 is 18.3 Å². The summed E-state index contributed by atoms with van der Waals surface area (Å²) in [7, 11) is -1.89. The van der Waals surface area contributed by atoms with E-state index in [1.54, 1.807) is 31.4 Å². The van der Waals surface area contributed by atoms with Crippen LogP contribution in [0.2, 0.25) is 0 Å². The SMILES string of the molecule is COc1ccc(CN(c2ccnc(C(N)CO)c2)S(=O)(=O)C2CC2)cc1. The first-order valence-electron chi connectivity index (χ1n) is 8.42. The zero-order valence-electron chi connectivity index (χ0n) is 14.6. The van der Waals surface area contributed by atoms with Crippen LogP contribution in [0.4, 0.5) is 5.69 Å². The summed E-state index contributed by atoms with van der Waals surface area (Å²) < 4.78 is 32.5. The molecule has 0 saturated heterocycles. The highest BCUT2D eigenvalue weighted by Gasteiger charge is 2.40. The number of nitrogens with two attached hydrogens (primary N) is 1. The minimum atomic E-state index is -3.47. The number of hydrogen-bond donors (Lipinski definition) is 2. The van der Waals surface area contributed by atoms with Gasteiger partial charge in [0.1, 0.15) is 5.75 Å². The Kier molecular flexibility index (Phi) is 5.45. The maximum absolute atomic E-state index is 13.0. The van der Waals surface area contributed by atoms with E-state index in [1.807, 2.05) is 12.1 Å². The minimum Gasteiger partial charge on any atom is -0.497 e. The van der Waals surface area contributed by atoms with E-state index in [9.17, 15) is 13.5 Å². The van der Waals surface area contributed by atoms with Crippen molar-refractivity contribution in [2.24, 2.45) is 5.73 Å². The number of ether oxygens (including phenoxy) is 1. The maximum Gasteiger partial charge on any atom is 0.238 e. The number of rotatable bonds is 8. The van der Waals surface area contributed by atoms with E-state index >= 15 is 0 Å². The van der Waals surface area contributed by atoms with Gasteiger partial charge in [-0.1, -0.05) is 12.1 Å². The van der Waals surface area contributed by atoms with Crippen LogP contribution in [0.3, 0.4) is 0 Å². The third kappa shape index (κ3) is 3.98. The van der Waals surface area contributed by atoms with Crippen molar-refractivity contribution in [2.75, 3.05) is 18.0 Å². The van der Waals surface area contributed by atoms with Crippen LogP contribution in [0, 0.1) is 0 Å². The molecule has 1 aromatic heterocycles. The molecule has 8 heteroatoms. The topological polar surface area (TPSA) is 106 Å². The molecule has 1 aliphatic rings. The van der Waals surface area contributed by atoms with Crippen LogP contribution < -0.4 is 14.8 Å². The molecule has 2 aromatic rings. The van der Waals surface area contributed by atoms with Gasteiger partial charge in [-0.25, -0.2) is 8.42 Å². The number of aromatic nitrogens is 1. The van der Waals surface area contributed by atoms with Crippen LogP contribution in [-0.2, 0) is 16.6 Å². The molecule has 3 N–H and O–H groups in total. The standard InChI is InChI=1S/C18H23N3O4S/c1-25-15-4-2-13(3-5-15)11-21(26(23,24)16-6-7-16)14-8-9-20-18(10-14)17(19)12-22/h2-5,8-10,16-17,22H,6-7,11-12,19H2,1H3. The van der Waals surface area contributed by atoms with Crippen LogP contribution in [-0.4, -0.2) is 37.5 Å². The lowest BCUT2D eigenvalue weighted by Crippen LogP contribution is -2.33. The molecule has 3 rings (SSSR count). The van der Waals surface area contributed by atoms with Gasteiger partial charge >= 0.3 is 0 Å². The van der Waals surface area contributed by atoms with E-state index in [1.165, 1.54) is 10.5 Å². The molecular weight excluding hydrogens is 354 g/mol. The van der Waals surface area contributed by atoms with Crippen molar-refractivity contribution in [3.63, 3.8) is 0 Å². The van der Waals surface area contributed by atoms with Crippen LogP contribution >= 0.6 is 0 Å². The lowest BCUT2D eigenvalue weighted by Gasteiger charge is -2.25. The molecule has 0 spiro atoms. The van der Waals surface area contributed by atoms with Crippen molar-refractivity contribution >= 4 is 15.7 Å². The lowest BCUT2D eigenvalue weighted by atomic mass is 10.2. The van der Waals surface area contributed by atoms with Gasteiger partial charge < -0.3 is 15.6 Å². The molecule has 1 unspecified atom stereocenters. The average molecular weight is 377 g/mol. The summed E-state index contributed by atoms with van der Waals surface area (Å²) in [6, 6.07) is 9.92. The van der Waals surface area contributed by atoms with Gasteiger partial charge in [-0.2, -0.15) is 0 Å². The molecule has 26 heavy (non-hydrogen) atoms. The van der Waals surface area contributed by atoms with E-state index in [2.05, 4.69) is 4.98 Å². The van der Waals surface area contributed by atoms with Gasteiger partial charge in [-0.05, 0) is 42.7 Å². The van der Waals surface area contributed by atoms with Crippen LogP contribution in [0.1, 0.15) is 30.1 Å². The van der Waals surface area contributed by atoms with Crippen LogP contribution in [0.5, 0.6) is 5.75 Å². The van der Waals surface area contributed by atoms with Gasteiger partial charge in [0, 0.05) is 6.20 Å². The molecule has 1 aliphatic carbocycles. The molecule has 0 radical (unpaired) electrons. The molecule has 1 saturated carbocycles. The summed E-state index contributed by atoms with van der Waals surface area (Å²) >= 11 is 0. The van der Waals surface area contributed by atoms with Gasteiger partial charge in [0.25, 0.3) is 0 Å².